The van der Waals surface area contributed by atoms with Crippen molar-refractivity contribution in [2.24, 2.45) is 11.3 Å². The lowest BCUT2D eigenvalue weighted by atomic mass is 9.82. The molecule has 1 saturated carbocycles. The molecule has 1 saturated heterocycles. The fraction of sp³-hybridized carbons (Fsp3) is 0.474. The van der Waals surface area contributed by atoms with Gasteiger partial charge in [0.05, 0.1) is 0 Å². The van der Waals surface area contributed by atoms with Crippen molar-refractivity contribution in [3.8, 4) is 5.75 Å². The topological polar surface area (TPSA) is 53.1 Å². The van der Waals surface area contributed by atoms with Crippen molar-refractivity contribution in [2.75, 3.05) is 37.7 Å². The van der Waals surface area contributed by atoms with Crippen LogP contribution in [-0.4, -0.2) is 60.4 Å². The lowest BCUT2D eigenvalue weighted by Gasteiger charge is -2.41. The predicted octanol–water partition coefficient (Wildman–Crippen LogP) is 8.23. The monoisotopic (exact) mass is 647 g/mol. The highest BCUT2D eigenvalue weighted by Crippen LogP contribution is 2.34. The minimum Gasteiger partial charge on any atom is -0.492 e. The van der Waals surface area contributed by atoms with Gasteiger partial charge < -0.3 is 14.5 Å². The van der Waals surface area contributed by atoms with Crippen LogP contribution in [0.5, 0.6) is 5.75 Å². The molecule has 246 valence electrons. The van der Waals surface area contributed by atoms with Gasteiger partial charge >= 0.3 is 0 Å². The van der Waals surface area contributed by atoms with Crippen LogP contribution in [0, 0.1) is 17.2 Å². The summed E-state index contributed by atoms with van der Waals surface area (Å²) in [6.45, 7) is 10.6. The molecular weight excluding hydrogens is 601 g/mol. The average Bonchev–Trinajstić information content (AvgIpc) is 3.56. The first kappa shape index (κ1) is 33.9. The number of carbonyl (C=O) groups is 2. The summed E-state index contributed by atoms with van der Waals surface area (Å²) in [5.74, 6) is 0.431. The number of likely N-dealkylation sites (tertiary alicyclic amines) is 1. The molecule has 2 amide bonds. The maximum absolute atomic E-state index is 14.0. The number of carbonyl (C=O) groups excluding carboxylic acids is 2. The zero-order valence-corrected chi connectivity index (χ0v) is 28.1. The summed E-state index contributed by atoms with van der Waals surface area (Å²) >= 11 is 6.31. The van der Waals surface area contributed by atoms with E-state index < -0.39 is 5.41 Å². The van der Waals surface area contributed by atoms with Crippen LogP contribution in [0.25, 0.3) is 0 Å². The summed E-state index contributed by atoms with van der Waals surface area (Å²) in [5.41, 5.74) is 1.64. The summed E-state index contributed by atoms with van der Waals surface area (Å²) in [6, 6.07) is 21.2. The molecule has 0 radical (unpaired) electrons. The van der Waals surface area contributed by atoms with Gasteiger partial charge in [-0.2, -0.15) is 0 Å². The van der Waals surface area contributed by atoms with Crippen LogP contribution in [0.3, 0.4) is 0 Å². The molecule has 0 bridgehead atoms. The second kappa shape index (κ2) is 15.4. The Hall–Kier alpha value is -3.42. The number of amides is 2. The van der Waals surface area contributed by atoms with Gasteiger partial charge in [0, 0.05) is 53.4 Å². The van der Waals surface area contributed by atoms with E-state index in [1.54, 1.807) is 17.0 Å². The second-order valence-corrected chi connectivity index (χ2v) is 14.3. The quantitative estimate of drug-likeness (QED) is 0.210. The molecule has 2 aliphatic rings. The molecule has 46 heavy (non-hydrogen) atoms. The van der Waals surface area contributed by atoms with Crippen LogP contribution in [-0.2, 0) is 11.3 Å². The van der Waals surface area contributed by atoms with Crippen molar-refractivity contribution in [2.45, 2.75) is 71.9 Å². The summed E-state index contributed by atoms with van der Waals surface area (Å²) < 4.78 is 19.9. The molecule has 3 aromatic rings. The maximum atomic E-state index is 14.0. The molecule has 2 atom stereocenters. The van der Waals surface area contributed by atoms with E-state index in [9.17, 15) is 14.0 Å². The predicted molar refractivity (Wildman–Crippen MR) is 183 cm³/mol. The third kappa shape index (κ3) is 9.10. The minimum absolute atomic E-state index is 0.0347. The first-order valence-corrected chi connectivity index (χ1v) is 17.0. The van der Waals surface area contributed by atoms with Crippen LogP contribution in [0.15, 0.2) is 72.8 Å². The standard InChI is InChI=1S/C38H47ClFN3O3/c1-38(2,3)37(45)43(27-28-9-6-11-31(39)23-28)33-12-7-10-29(24-33)26-42(36(44)30-15-17-32(40)18-16-30)34-13-8-14-35(25-34)46-22-21-41-19-4-5-20-41/h6,8-9,11,13-18,23,25,29,33H,4-5,7,10,12,19-22,24,26-27H2,1-3H3. The number of benzene rings is 3. The average molecular weight is 648 g/mol. The van der Waals surface area contributed by atoms with Crippen LogP contribution in [0.4, 0.5) is 10.1 Å². The number of hydrogen-bond donors (Lipinski definition) is 0. The summed E-state index contributed by atoms with van der Waals surface area (Å²) in [6.07, 6.45) is 6.07. The van der Waals surface area contributed by atoms with Gasteiger partial charge in [0.2, 0.25) is 5.91 Å². The van der Waals surface area contributed by atoms with E-state index >= 15 is 0 Å². The van der Waals surface area contributed by atoms with E-state index in [-0.39, 0.29) is 29.6 Å². The Morgan fingerprint density at radius 2 is 1.70 bits per heavy atom. The molecule has 6 nitrogen and oxygen atoms in total. The lowest BCUT2D eigenvalue weighted by molar-refractivity contribution is -0.143. The largest absolute Gasteiger partial charge is 0.492 e. The number of rotatable bonds is 11. The van der Waals surface area contributed by atoms with E-state index in [2.05, 4.69) is 4.90 Å². The third-order valence-electron chi connectivity index (χ3n) is 9.12. The minimum atomic E-state index is -0.536. The number of ether oxygens (including phenoxy) is 1. The van der Waals surface area contributed by atoms with Gasteiger partial charge in [-0.3, -0.25) is 14.5 Å². The van der Waals surface area contributed by atoms with Gasteiger partial charge in [0.1, 0.15) is 18.2 Å². The molecule has 1 aliphatic carbocycles. The maximum Gasteiger partial charge on any atom is 0.258 e. The Balaban J connectivity index is 1.36. The first-order chi connectivity index (χ1) is 22.1. The molecule has 2 unspecified atom stereocenters. The van der Waals surface area contributed by atoms with Crippen molar-refractivity contribution < 1.29 is 18.7 Å². The lowest BCUT2D eigenvalue weighted by Crippen LogP contribution is -2.48. The number of halogens is 2. The number of anilines is 1. The van der Waals surface area contributed by atoms with E-state index in [4.69, 9.17) is 16.3 Å². The van der Waals surface area contributed by atoms with Crippen molar-refractivity contribution in [1.82, 2.24) is 9.80 Å². The number of nitrogens with zero attached hydrogens (tertiary/aromatic N) is 3. The van der Waals surface area contributed by atoms with Gasteiger partial charge in [-0.1, -0.05) is 57.0 Å². The van der Waals surface area contributed by atoms with Gasteiger partial charge in [-0.05, 0) is 105 Å². The molecular formula is C38H47ClFN3O3. The van der Waals surface area contributed by atoms with E-state index in [0.29, 0.717) is 30.3 Å². The molecule has 3 aromatic carbocycles. The normalized spacial score (nSPS) is 18.7. The summed E-state index contributed by atoms with van der Waals surface area (Å²) in [5, 5.41) is 0.652. The van der Waals surface area contributed by atoms with E-state index in [0.717, 1.165) is 62.3 Å². The van der Waals surface area contributed by atoms with Crippen LogP contribution >= 0.6 is 11.6 Å². The zero-order valence-electron chi connectivity index (χ0n) is 27.4. The Bertz CT molecular complexity index is 1470. The van der Waals surface area contributed by atoms with Crippen LogP contribution in [0.2, 0.25) is 5.02 Å². The molecule has 0 N–H and O–H groups in total. The Morgan fingerprint density at radius 1 is 0.957 bits per heavy atom. The molecule has 8 heteroatoms. The Labute approximate surface area is 278 Å². The molecule has 0 spiro atoms. The summed E-state index contributed by atoms with van der Waals surface area (Å²) in [4.78, 5) is 34.1. The van der Waals surface area contributed by atoms with Crippen LogP contribution < -0.4 is 9.64 Å². The fourth-order valence-electron chi connectivity index (χ4n) is 6.69. The molecule has 2 fully saturated rings. The van der Waals surface area contributed by atoms with Crippen molar-refractivity contribution in [3.05, 3.63) is 94.8 Å². The molecule has 0 aromatic heterocycles. The molecule has 5 rings (SSSR count). The Morgan fingerprint density at radius 3 is 2.41 bits per heavy atom. The molecule has 1 aliphatic heterocycles. The fourth-order valence-corrected chi connectivity index (χ4v) is 6.91. The third-order valence-corrected chi connectivity index (χ3v) is 9.36. The second-order valence-electron chi connectivity index (χ2n) is 13.8. The van der Waals surface area contributed by atoms with Crippen molar-refractivity contribution in [1.29, 1.82) is 0 Å². The van der Waals surface area contributed by atoms with E-state index in [1.807, 2.05) is 74.2 Å². The van der Waals surface area contributed by atoms with Gasteiger partial charge in [-0.15, -0.1) is 0 Å². The van der Waals surface area contributed by atoms with Gasteiger partial charge in [-0.25, -0.2) is 4.39 Å². The molecule has 1 heterocycles. The SMILES string of the molecule is CC(C)(C)C(=O)N(Cc1cccc(Cl)c1)C1CCCC(CN(C(=O)c2ccc(F)cc2)c2cccc(OCCN3CCCC3)c2)C1. The van der Waals surface area contributed by atoms with Crippen molar-refractivity contribution in [3.63, 3.8) is 0 Å². The van der Waals surface area contributed by atoms with Gasteiger partial charge in [0.25, 0.3) is 5.91 Å². The first-order valence-electron chi connectivity index (χ1n) is 16.6. The smallest absolute Gasteiger partial charge is 0.258 e. The van der Waals surface area contributed by atoms with Crippen LogP contribution in [0.1, 0.15) is 75.2 Å². The highest BCUT2D eigenvalue weighted by molar-refractivity contribution is 6.30. The highest BCUT2D eigenvalue weighted by atomic mass is 35.5. The summed E-state index contributed by atoms with van der Waals surface area (Å²) in [7, 11) is 0. The zero-order chi connectivity index (χ0) is 32.7. The number of hydrogen-bond acceptors (Lipinski definition) is 4. The van der Waals surface area contributed by atoms with Gasteiger partial charge in [0.15, 0.2) is 0 Å². The Kier molecular flexibility index (Phi) is 11.4. The van der Waals surface area contributed by atoms with E-state index in [1.165, 1.54) is 25.0 Å². The van der Waals surface area contributed by atoms with Crippen molar-refractivity contribution >= 4 is 29.1 Å². The highest BCUT2D eigenvalue weighted by Gasteiger charge is 2.36.